The summed E-state index contributed by atoms with van der Waals surface area (Å²) in [7, 11) is 0. The molecular formula is C20H17N3O2S. The van der Waals surface area contributed by atoms with Crippen molar-refractivity contribution in [1.29, 1.82) is 5.26 Å². The molecule has 0 spiro atoms. The average molecular weight is 363 g/mol. The van der Waals surface area contributed by atoms with E-state index in [1.54, 1.807) is 11.3 Å². The van der Waals surface area contributed by atoms with Crippen molar-refractivity contribution in [3.63, 3.8) is 0 Å². The summed E-state index contributed by atoms with van der Waals surface area (Å²) >= 11 is 1.56. The number of thiophene rings is 1. The monoisotopic (exact) mass is 363 g/mol. The second-order valence-corrected chi connectivity index (χ2v) is 7.42. The van der Waals surface area contributed by atoms with Crippen molar-refractivity contribution >= 4 is 22.6 Å². The molecule has 5 nitrogen and oxygen atoms in total. The van der Waals surface area contributed by atoms with Gasteiger partial charge in [-0.05, 0) is 50.3 Å². The van der Waals surface area contributed by atoms with Gasteiger partial charge in [-0.1, -0.05) is 17.7 Å². The van der Waals surface area contributed by atoms with Crippen LogP contribution < -0.4 is 0 Å². The van der Waals surface area contributed by atoms with Crippen LogP contribution in [0, 0.1) is 18.3 Å². The number of aromatic nitrogens is 1. The molecule has 0 saturated carbocycles. The molecule has 2 heterocycles. The van der Waals surface area contributed by atoms with Gasteiger partial charge in [-0.15, -0.1) is 11.3 Å². The fourth-order valence-electron chi connectivity index (χ4n) is 3.11. The van der Waals surface area contributed by atoms with Crippen LogP contribution in [0.1, 0.15) is 40.1 Å². The molecule has 0 bridgehead atoms. The molecule has 0 aliphatic heterocycles. The lowest BCUT2D eigenvalue weighted by molar-refractivity contribution is 0.337. The van der Waals surface area contributed by atoms with Gasteiger partial charge in [0.25, 0.3) is 0 Å². The van der Waals surface area contributed by atoms with Gasteiger partial charge in [0.1, 0.15) is 11.1 Å². The number of oxazole rings is 1. The Bertz CT molecular complexity index is 1020. The fourth-order valence-corrected chi connectivity index (χ4v) is 4.29. The molecule has 2 aromatic heterocycles. The summed E-state index contributed by atoms with van der Waals surface area (Å²) in [6.07, 6.45) is 5.69. The second kappa shape index (κ2) is 6.77. The van der Waals surface area contributed by atoms with E-state index in [-0.39, 0.29) is 11.6 Å². The normalized spacial score (nSPS) is 13.7. The zero-order valence-corrected chi connectivity index (χ0v) is 15.1. The molecule has 1 aliphatic rings. The van der Waals surface area contributed by atoms with E-state index < -0.39 is 0 Å². The molecule has 0 amide bonds. The number of rotatable bonds is 3. The number of hydrogen-bond acceptors (Lipinski definition) is 6. The first kappa shape index (κ1) is 16.6. The van der Waals surface area contributed by atoms with Gasteiger partial charge in [-0.2, -0.15) is 5.26 Å². The molecule has 3 aromatic rings. The Morgan fingerprint density at radius 3 is 2.81 bits per heavy atom. The Morgan fingerprint density at radius 2 is 2.04 bits per heavy atom. The van der Waals surface area contributed by atoms with Crippen molar-refractivity contribution in [2.75, 3.05) is 0 Å². The van der Waals surface area contributed by atoms with Crippen LogP contribution in [-0.4, -0.2) is 16.3 Å². The Hall–Kier alpha value is -2.91. The van der Waals surface area contributed by atoms with Crippen molar-refractivity contribution in [1.82, 2.24) is 4.98 Å². The number of nitriles is 1. The van der Waals surface area contributed by atoms with Gasteiger partial charge in [0.05, 0.1) is 11.8 Å². The summed E-state index contributed by atoms with van der Waals surface area (Å²) in [6, 6.07) is 9.98. The third kappa shape index (κ3) is 3.02. The zero-order chi connectivity index (χ0) is 18.1. The van der Waals surface area contributed by atoms with Crippen LogP contribution in [-0.2, 0) is 12.8 Å². The van der Waals surface area contributed by atoms with Crippen LogP contribution in [0.3, 0.4) is 0 Å². The van der Waals surface area contributed by atoms with Crippen LogP contribution in [0.2, 0.25) is 0 Å². The van der Waals surface area contributed by atoms with E-state index in [1.165, 1.54) is 11.1 Å². The number of hydrogen-bond donors (Lipinski definition) is 1. The van der Waals surface area contributed by atoms with Crippen LogP contribution >= 0.6 is 11.3 Å². The molecule has 0 unspecified atom stereocenters. The second-order valence-electron chi connectivity index (χ2n) is 6.34. The van der Waals surface area contributed by atoms with Gasteiger partial charge in [0.2, 0.25) is 5.89 Å². The summed E-state index contributed by atoms with van der Waals surface area (Å²) in [4.78, 5) is 9.99. The summed E-state index contributed by atoms with van der Waals surface area (Å²) in [6.45, 7) is 2.00. The van der Waals surface area contributed by atoms with E-state index in [4.69, 9.17) is 4.42 Å². The SMILES string of the molecule is Cc1ccc(-c2nc(/C=N/c3sc4c(c3C#N)CCCC4)c(O)o2)cc1. The van der Waals surface area contributed by atoms with E-state index in [0.29, 0.717) is 16.5 Å². The molecule has 6 heteroatoms. The molecule has 130 valence electrons. The number of nitrogens with zero attached hydrogens (tertiary/aromatic N) is 3. The number of aliphatic imine (C=N–C) groups is 1. The van der Waals surface area contributed by atoms with E-state index in [2.05, 4.69) is 16.0 Å². The molecule has 0 atom stereocenters. The van der Waals surface area contributed by atoms with Crippen molar-refractivity contribution in [2.45, 2.75) is 32.6 Å². The van der Waals surface area contributed by atoms with Crippen molar-refractivity contribution in [3.05, 3.63) is 51.5 Å². The quantitative estimate of drug-likeness (QED) is 0.670. The number of aryl methyl sites for hydroxylation is 2. The minimum atomic E-state index is -0.274. The maximum Gasteiger partial charge on any atom is 0.312 e. The number of aromatic hydroxyl groups is 1. The predicted molar refractivity (Wildman–Crippen MR) is 101 cm³/mol. The Labute approximate surface area is 155 Å². The smallest absolute Gasteiger partial charge is 0.312 e. The summed E-state index contributed by atoms with van der Waals surface area (Å²) in [5.41, 5.74) is 3.98. The highest BCUT2D eigenvalue weighted by molar-refractivity contribution is 7.16. The summed E-state index contributed by atoms with van der Waals surface area (Å²) in [5, 5.41) is 20.2. The molecule has 0 fully saturated rings. The Kier molecular flexibility index (Phi) is 4.31. The van der Waals surface area contributed by atoms with Crippen molar-refractivity contribution in [3.8, 4) is 23.5 Å². The third-order valence-electron chi connectivity index (χ3n) is 4.50. The first-order chi connectivity index (χ1) is 12.7. The topological polar surface area (TPSA) is 82.4 Å². The third-order valence-corrected chi connectivity index (χ3v) is 5.70. The summed E-state index contributed by atoms with van der Waals surface area (Å²) < 4.78 is 5.36. The maximum atomic E-state index is 10.0. The average Bonchev–Trinajstić information content (AvgIpc) is 3.20. The zero-order valence-electron chi connectivity index (χ0n) is 14.3. The first-order valence-electron chi connectivity index (χ1n) is 8.51. The van der Waals surface area contributed by atoms with E-state index in [0.717, 1.165) is 42.4 Å². The Balaban J connectivity index is 1.65. The van der Waals surface area contributed by atoms with E-state index >= 15 is 0 Å². The molecule has 1 N–H and O–H groups in total. The predicted octanol–water partition coefficient (Wildman–Crippen LogP) is 4.92. The van der Waals surface area contributed by atoms with Gasteiger partial charge < -0.3 is 9.52 Å². The van der Waals surface area contributed by atoms with Gasteiger partial charge >= 0.3 is 5.95 Å². The number of fused-ring (bicyclic) bond motifs is 1. The highest BCUT2D eigenvalue weighted by Gasteiger charge is 2.20. The fraction of sp³-hybridized carbons (Fsp3) is 0.250. The van der Waals surface area contributed by atoms with Crippen LogP contribution in [0.4, 0.5) is 5.00 Å². The minimum Gasteiger partial charge on any atom is -0.479 e. The highest BCUT2D eigenvalue weighted by Crippen LogP contribution is 2.39. The highest BCUT2D eigenvalue weighted by atomic mass is 32.1. The largest absolute Gasteiger partial charge is 0.479 e. The van der Waals surface area contributed by atoms with Gasteiger partial charge in [0.15, 0.2) is 5.69 Å². The summed E-state index contributed by atoms with van der Waals surface area (Å²) in [5.74, 6) is 0.0686. The molecule has 1 aromatic carbocycles. The lowest BCUT2D eigenvalue weighted by atomic mass is 9.96. The van der Waals surface area contributed by atoms with Gasteiger partial charge in [-0.25, -0.2) is 9.98 Å². The lowest BCUT2D eigenvalue weighted by Crippen LogP contribution is -1.99. The molecule has 26 heavy (non-hydrogen) atoms. The van der Waals surface area contributed by atoms with Gasteiger partial charge in [-0.3, -0.25) is 0 Å². The maximum absolute atomic E-state index is 10.0. The van der Waals surface area contributed by atoms with Crippen molar-refractivity contribution < 1.29 is 9.52 Å². The van der Waals surface area contributed by atoms with E-state index in [9.17, 15) is 10.4 Å². The number of benzene rings is 1. The van der Waals surface area contributed by atoms with Crippen LogP contribution in [0.25, 0.3) is 11.5 Å². The van der Waals surface area contributed by atoms with Crippen LogP contribution in [0.5, 0.6) is 5.95 Å². The first-order valence-corrected chi connectivity index (χ1v) is 9.33. The van der Waals surface area contributed by atoms with E-state index in [1.807, 2.05) is 31.2 Å². The van der Waals surface area contributed by atoms with Crippen molar-refractivity contribution in [2.24, 2.45) is 4.99 Å². The standard InChI is InChI=1S/C20H17N3O2S/c1-12-6-8-13(9-7-12)18-23-16(20(24)25-18)11-22-19-15(10-21)14-4-2-3-5-17(14)26-19/h6-9,11,24H,2-5H2,1H3/b22-11+. The molecule has 4 rings (SSSR count). The molecular weight excluding hydrogens is 346 g/mol. The lowest BCUT2D eigenvalue weighted by Gasteiger charge is -2.09. The minimum absolute atomic E-state index is 0.260. The van der Waals surface area contributed by atoms with Crippen LogP contribution in [0.15, 0.2) is 33.7 Å². The molecule has 0 radical (unpaired) electrons. The Morgan fingerprint density at radius 1 is 1.27 bits per heavy atom. The molecule has 0 saturated heterocycles. The van der Waals surface area contributed by atoms with Gasteiger partial charge in [0, 0.05) is 10.4 Å². The molecule has 1 aliphatic carbocycles.